The van der Waals surface area contributed by atoms with Crippen LogP contribution < -0.4 is 14.2 Å². The molecule has 0 atom stereocenters. The van der Waals surface area contributed by atoms with E-state index in [1.165, 1.54) is 6.08 Å². The molecule has 0 bridgehead atoms. The zero-order valence-electron chi connectivity index (χ0n) is 18.6. The monoisotopic (exact) mass is 436 g/mol. The molecule has 32 heavy (non-hydrogen) atoms. The minimum Gasteiger partial charge on any atom is -0.493 e. The van der Waals surface area contributed by atoms with E-state index in [-0.39, 0.29) is 11.8 Å². The molecule has 2 amide bonds. The fourth-order valence-corrected chi connectivity index (χ4v) is 3.45. The first-order valence-electron chi connectivity index (χ1n) is 10.3. The molecule has 1 saturated heterocycles. The maximum Gasteiger partial charge on any atom is 0.246 e. The highest BCUT2D eigenvalue weighted by Crippen LogP contribution is 2.38. The Balaban J connectivity index is 1.57. The summed E-state index contributed by atoms with van der Waals surface area (Å²) in [5.41, 5.74) is 1.74. The normalized spacial score (nSPS) is 14.1. The van der Waals surface area contributed by atoms with Gasteiger partial charge in [-0.3, -0.25) is 9.59 Å². The number of hydrogen-bond donors (Lipinski definition) is 0. The molecule has 168 valence electrons. The zero-order valence-corrected chi connectivity index (χ0v) is 18.6. The van der Waals surface area contributed by atoms with E-state index in [1.807, 2.05) is 30.3 Å². The number of amides is 2. The SMILES string of the molecule is COc1cc(/C=C/C(=O)N2CCN(C(=O)/C=C/c3ccccc3)CC2)cc(OC)c1OC. The standard InChI is InChI=1S/C25H28N2O5/c1-30-21-17-20(18-22(31-2)25(21)32-3)10-12-24(29)27-15-13-26(14-16-27)23(28)11-9-19-7-5-4-6-8-19/h4-12,17-18H,13-16H2,1-3H3/b11-9+,12-10+. The van der Waals surface area contributed by atoms with Crippen LogP contribution in [0.15, 0.2) is 54.6 Å². The Kier molecular flexibility index (Phi) is 7.91. The molecule has 1 aliphatic heterocycles. The third kappa shape index (κ3) is 5.69. The number of nitrogens with zero attached hydrogens (tertiary/aromatic N) is 2. The van der Waals surface area contributed by atoms with E-state index in [9.17, 15) is 9.59 Å². The molecule has 7 heteroatoms. The molecule has 0 aliphatic carbocycles. The minimum atomic E-state index is -0.106. The lowest BCUT2D eigenvalue weighted by Gasteiger charge is -2.33. The van der Waals surface area contributed by atoms with Crippen LogP contribution >= 0.6 is 0 Å². The molecular weight excluding hydrogens is 408 g/mol. The van der Waals surface area contributed by atoms with Crippen molar-refractivity contribution < 1.29 is 23.8 Å². The summed E-state index contributed by atoms with van der Waals surface area (Å²) in [6.45, 7) is 1.98. The van der Waals surface area contributed by atoms with E-state index in [0.29, 0.717) is 43.4 Å². The lowest BCUT2D eigenvalue weighted by molar-refractivity contribution is -0.133. The van der Waals surface area contributed by atoms with Crippen molar-refractivity contribution in [2.45, 2.75) is 0 Å². The first-order valence-corrected chi connectivity index (χ1v) is 10.3. The second kappa shape index (κ2) is 11.0. The van der Waals surface area contributed by atoms with E-state index in [1.54, 1.807) is 61.5 Å². The average Bonchev–Trinajstić information content (AvgIpc) is 2.85. The molecule has 0 saturated carbocycles. The van der Waals surface area contributed by atoms with Crippen molar-refractivity contribution in [2.24, 2.45) is 0 Å². The van der Waals surface area contributed by atoms with E-state index in [2.05, 4.69) is 0 Å². The van der Waals surface area contributed by atoms with Gasteiger partial charge in [-0.05, 0) is 35.4 Å². The minimum absolute atomic E-state index is 0.0473. The van der Waals surface area contributed by atoms with Gasteiger partial charge in [0.05, 0.1) is 21.3 Å². The molecule has 7 nitrogen and oxygen atoms in total. The quantitative estimate of drug-likeness (QED) is 0.624. The Hall–Kier alpha value is -3.74. The van der Waals surface area contributed by atoms with Crippen LogP contribution in [-0.2, 0) is 9.59 Å². The summed E-state index contributed by atoms with van der Waals surface area (Å²) in [6, 6.07) is 13.2. The summed E-state index contributed by atoms with van der Waals surface area (Å²) in [7, 11) is 4.64. The summed E-state index contributed by atoms with van der Waals surface area (Å²) in [5, 5.41) is 0. The number of ether oxygens (including phenoxy) is 3. The second-order valence-corrected chi connectivity index (χ2v) is 7.19. The summed E-state index contributed by atoms with van der Waals surface area (Å²) < 4.78 is 16.0. The predicted molar refractivity (Wildman–Crippen MR) is 124 cm³/mol. The van der Waals surface area contributed by atoms with Crippen LogP contribution in [0, 0.1) is 0 Å². The lowest BCUT2D eigenvalue weighted by atomic mass is 10.1. The van der Waals surface area contributed by atoms with Crippen molar-refractivity contribution in [2.75, 3.05) is 47.5 Å². The number of methoxy groups -OCH3 is 3. The number of carbonyl (C=O) groups excluding carboxylic acids is 2. The van der Waals surface area contributed by atoms with Crippen LogP contribution in [0.3, 0.4) is 0 Å². The summed E-state index contributed by atoms with van der Waals surface area (Å²) in [6.07, 6.45) is 6.62. The highest BCUT2D eigenvalue weighted by molar-refractivity contribution is 5.93. The van der Waals surface area contributed by atoms with Crippen molar-refractivity contribution in [3.05, 3.63) is 65.7 Å². The number of hydrogen-bond acceptors (Lipinski definition) is 5. The molecule has 2 aromatic carbocycles. The summed E-state index contributed by atoms with van der Waals surface area (Å²) in [5.74, 6) is 1.39. The maximum atomic E-state index is 12.6. The van der Waals surface area contributed by atoms with Gasteiger partial charge in [-0.2, -0.15) is 0 Å². The summed E-state index contributed by atoms with van der Waals surface area (Å²) >= 11 is 0. The Morgan fingerprint density at radius 3 is 1.62 bits per heavy atom. The van der Waals surface area contributed by atoms with E-state index < -0.39 is 0 Å². The highest BCUT2D eigenvalue weighted by atomic mass is 16.5. The van der Waals surface area contributed by atoms with Gasteiger partial charge in [0.1, 0.15) is 0 Å². The van der Waals surface area contributed by atoms with E-state index in [0.717, 1.165) is 11.1 Å². The van der Waals surface area contributed by atoms with Crippen LogP contribution in [0.2, 0.25) is 0 Å². The van der Waals surface area contributed by atoms with Gasteiger partial charge >= 0.3 is 0 Å². The molecule has 0 aromatic heterocycles. The molecule has 1 aliphatic rings. The fourth-order valence-electron chi connectivity index (χ4n) is 3.45. The number of carbonyl (C=O) groups is 2. The Morgan fingerprint density at radius 2 is 1.19 bits per heavy atom. The molecule has 0 spiro atoms. The summed E-state index contributed by atoms with van der Waals surface area (Å²) in [4.78, 5) is 28.5. The largest absolute Gasteiger partial charge is 0.493 e. The highest BCUT2D eigenvalue weighted by Gasteiger charge is 2.22. The first kappa shape index (κ1) is 22.9. The van der Waals surface area contributed by atoms with Gasteiger partial charge in [0.2, 0.25) is 17.6 Å². The first-order chi connectivity index (χ1) is 15.5. The predicted octanol–water partition coefficient (Wildman–Crippen LogP) is 3.11. The molecule has 0 unspecified atom stereocenters. The van der Waals surface area contributed by atoms with Crippen molar-refractivity contribution in [1.29, 1.82) is 0 Å². The Bertz CT molecular complexity index is 968. The zero-order chi connectivity index (χ0) is 22.9. The van der Waals surface area contributed by atoms with Gasteiger partial charge in [-0.15, -0.1) is 0 Å². The van der Waals surface area contributed by atoms with Crippen LogP contribution in [0.5, 0.6) is 17.2 Å². The molecular formula is C25H28N2O5. The molecule has 1 fully saturated rings. The van der Waals surface area contributed by atoms with Gasteiger partial charge < -0.3 is 24.0 Å². The Labute approximate surface area is 188 Å². The second-order valence-electron chi connectivity index (χ2n) is 7.19. The third-order valence-corrected chi connectivity index (χ3v) is 5.23. The molecule has 2 aromatic rings. The molecule has 1 heterocycles. The van der Waals surface area contributed by atoms with Crippen LogP contribution in [0.4, 0.5) is 0 Å². The van der Waals surface area contributed by atoms with Gasteiger partial charge in [-0.1, -0.05) is 30.3 Å². The van der Waals surface area contributed by atoms with Crippen LogP contribution in [0.25, 0.3) is 12.2 Å². The molecule has 0 N–H and O–H groups in total. The maximum absolute atomic E-state index is 12.6. The third-order valence-electron chi connectivity index (χ3n) is 5.23. The molecule has 3 rings (SSSR count). The van der Waals surface area contributed by atoms with Gasteiger partial charge in [0.15, 0.2) is 11.5 Å². The smallest absolute Gasteiger partial charge is 0.246 e. The van der Waals surface area contributed by atoms with E-state index in [4.69, 9.17) is 14.2 Å². The average molecular weight is 437 g/mol. The van der Waals surface area contributed by atoms with Crippen molar-refractivity contribution >= 4 is 24.0 Å². The van der Waals surface area contributed by atoms with E-state index >= 15 is 0 Å². The van der Waals surface area contributed by atoms with Crippen molar-refractivity contribution in [3.8, 4) is 17.2 Å². The fraction of sp³-hybridized carbons (Fsp3) is 0.280. The lowest BCUT2D eigenvalue weighted by Crippen LogP contribution is -2.49. The molecule has 0 radical (unpaired) electrons. The number of rotatable bonds is 7. The van der Waals surface area contributed by atoms with Gasteiger partial charge in [-0.25, -0.2) is 0 Å². The van der Waals surface area contributed by atoms with Gasteiger partial charge in [0.25, 0.3) is 0 Å². The Morgan fingerprint density at radius 1 is 0.719 bits per heavy atom. The van der Waals surface area contributed by atoms with Crippen molar-refractivity contribution in [3.63, 3.8) is 0 Å². The topological polar surface area (TPSA) is 68.3 Å². The number of benzene rings is 2. The van der Waals surface area contributed by atoms with Gasteiger partial charge in [0, 0.05) is 38.3 Å². The van der Waals surface area contributed by atoms with Crippen LogP contribution in [-0.4, -0.2) is 69.1 Å². The van der Waals surface area contributed by atoms with Crippen LogP contribution in [0.1, 0.15) is 11.1 Å². The van der Waals surface area contributed by atoms with Crippen molar-refractivity contribution in [1.82, 2.24) is 9.80 Å². The number of piperazine rings is 1.